The van der Waals surface area contributed by atoms with E-state index in [9.17, 15) is 18.0 Å². The fourth-order valence-electron chi connectivity index (χ4n) is 2.24. The fraction of sp³-hybridized carbons (Fsp3) is 0.667. The Morgan fingerprint density at radius 1 is 1.35 bits per heavy atom. The molecular weight excluding hydrogens is 277 g/mol. The number of aromatic nitrogens is 1. The van der Waals surface area contributed by atoms with Gasteiger partial charge in [0.05, 0.1) is 11.8 Å². The molecule has 1 amide bonds. The number of amides is 1. The molecule has 0 bridgehead atoms. The summed E-state index contributed by atoms with van der Waals surface area (Å²) in [6.07, 6.45) is -5.22. The molecule has 0 radical (unpaired) electrons. The number of hydrogen-bond donors (Lipinski definition) is 0. The van der Waals surface area contributed by atoms with Crippen LogP contribution in [0.5, 0.6) is 0 Å². The molecule has 112 valence electrons. The molecule has 0 aliphatic carbocycles. The molecule has 5 nitrogen and oxygen atoms in total. The van der Waals surface area contributed by atoms with Gasteiger partial charge in [0.1, 0.15) is 0 Å². The van der Waals surface area contributed by atoms with Gasteiger partial charge in [-0.15, -0.1) is 13.2 Å². The highest BCUT2D eigenvalue weighted by atomic mass is 19.4. The van der Waals surface area contributed by atoms with Crippen molar-refractivity contribution >= 4 is 5.91 Å². The number of carbonyl (C=O) groups is 1. The van der Waals surface area contributed by atoms with Gasteiger partial charge in [-0.2, -0.15) is 0 Å². The van der Waals surface area contributed by atoms with Gasteiger partial charge in [-0.1, -0.05) is 0 Å². The van der Waals surface area contributed by atoms with Crippen LogP contribution < -0.4 is 0 Å². The molecule has 1 aliphatic rings. The monoisotopic (exact) mass is 292 g/mol. The molecule has 2 heterocycles. The number of rotatable bonds is 2. The molecular formula is C12H15F3N2O3. The summed E-state index contributed by atoms with van der Waals surface area (Å²) in [5.74, 6) is 0.201. The Labute approximate surface area is 113 Å². The van der Waals surface area contributed by atoms with E-state index in [1.807, 2.05) is 0 Å². The molecule has 0 N–H and O–H groups in total. The molecule has 20 heavy (non-hydrogen) atoms. The van der Waals surface area contributed by atoms with E-state index in [1.165, 1.54) is 4.90 Å². The van der Waals surface area contributed by atoms with Gasteiger partial charge in [0, 0.05) is 20.0 Å². The second kappa shape index (κ2) is 5.43. The van der Waals surface area contributed by atoms with Crippen molar-refractivity contribution in [1.29, 1.82) is 0 Å². The molecule has 1 fully saturated rings. The first-order valence-electron chi connectivity index (χ1n) is 6.24. The third-order valence-electron chi connectivity index (χ3n) is 3.13. The van der Waals surface area contributed by atoms with E-state index in [-0.39, 0.29) is 37.6 Å². The second-order valence-electron chi connectivity index (χ2n) is 4.70. The standard InChI is InChI=1S/C12H15F3N2O3/c1-7-10(19-8(2)16-7)11(18)17-5-3-9(4-6-17)20-12(13,14)15/h9H,3-6H2,1-2H3. The lowest BCUT2D eigenvalue weighted by molar-refractivity contribution is -0.345. The smallest absolute Gasteiger partial charge is 0.436 e. The Bertz CT molecular complexity index is 491. The predicted octanol–water partition coefficient (Wildman–Crippen LogP) is 2.43. The predicted molar refractivity (Wildman–Crippen MR) is 62.0 cm³/mol. The lowest BCUT2D eigenvalue weighted by Gasteiger charge is -2.31. The lowest BCUT2D eigenvalue weighted by Crippen LogP contribution is -2.42. The van der Waals surface area contributed by atoms with Crippen LogP contribution in [0.2, 0.25) is 0 Å². The molecule has 1 aromatic heterocycles. The number of halogens is 3. The molecule has 1 aromatic rings. The Kier molecular flexibility index (Phi) is 4.03. The van der Waals surface area contributed by atoms with E-state index in [0.29, 0.717) is 11.6 Å². The summed E-state index contributed by atoms with van der Waals surface area (Å²) < 4.78 is 45.5. The van der Waals surface area contributed by atoms with Crippen LogP contribution in [-0.4, -0.2) is 41.3 Å². The Hall–Kier alpha value is -1.57. The molecule has 1 aliphatic heterocycles. The molecule has 0 unspecified atom stereocenters. The molecule has 0 spiro atoms. The number of hydrogen-bond acceptors (Lipinski definition) is 4. The molecule has 2 rings (SSSR count). The number of aryl methyl sites for hydroxylation is 2. The maximum Gasteiger partial charge on any atom is 0.522 e. The van der Waals surface area contributed by atoms with Crippen molar-refractivity contribution in [3.05, 3.63) is 17.3 Å². The number of ether oxygens (including phenoxy) is 1. The highest BCUT2D eigenvalue weighted by molar-refractivity contribution is 5.92. The van der Waals surface area contributed by atoms with Gasteiger partial charge in [0.2, 0.25) is 5.76 Å². The zero-order chi connectivity index (χ0) is 14.9. The van der Waals surface area contributed by atoms with Crippen molar-refractivity contribution in [3.8, 4) is 0 Å². The number of carbonyl (C=O) groups excluding carboxylic acids is 1. The average Bonchev–Trinajstić information content (AvgIpc) is 2.66. The Balaban J connectivity index is 1.94. The van der Waals surface area contributed by atoms with Gasteiger partial charge >= 0.3 is 6.36 Å². The van der Waals surface area contributed by atoms with Crippen molar-refractivity contribution in [2.24, 2.45) is 0 Å². The summed E-state index contributed by atoms with van der Waals surface area (Å²) in [7, 11) is 0. The van der Waals surface area contributed by atoms with Crippen molar-refractivity contribution in [2.45, 2.75) is 39.2 Å². The second-order valence-corrected chi connectivity index (χ2v) is 4.70. The SMILES string of the molecule is Cc1nc(C)c(C(=O)N2CCC(OC(F)(F)F)CC2)o1. The third-order valence-corrected chi connectivity index (χ3v) is 3.13. The van der Waals surface area contributed by atoms with Crippen LogP contribution >= 0.6 is 0 Å². The van der Waals surface area contributed by atoms with Gasteiger partial charge in [-0.05, 0) is 19.8 Å². The minimum atomic E-state index is -4.63. The first-order valence-corrected chi connectivity index (χ1v) is 6.24. The van der Waals surface area contributed by atoms with E-state index < -0.39 is 12.5 Å². The van der Waals surface area contributed by atoms with Gasteiger partial charge in [-0.25, -0.2) is 4.98 Å². The number of likely N-dealkylation sites (tertiary alicyclic amines) is 1. The summed E-state index contributed by atoms with van der Waals surface area (Å²) in [5, 5.41) is 0. The molecule has 1 saturated heterocycles. The maximum absolute atomic E-state index is 12.2. The van der Waals surface area contributed by atoms with E-state index in [4.69, 9.17) is 4.42 Å². The van der Waals surface area contributed by atoms with E-state index in [2.05, 4.69) is 9.72 Å². The summed E-state index contributed by atoms with van der Waals surface area (Å²) in [4.78, 5) is 17.6. The van der Waals surface area contributed by atoms with E-state index in [0.717, 1.165) is 0 Å². The van der Waals surface area contributed by atoms with Crippen LogP contribution in [0.1, 0.15) is 35.0 Å². The zero-order valence-corrected chi connectivity index (χ0v) is 11.2. The molecule has 8 heteroatoms. The average molecular weight is 292 g/mol. The number of nitrogens with zero attached hydrogens (tertiary/aromatic N) is 2. The summed E-state index contributed by atoms with van der Waals surface area (Å²) in [6.45, 7) is 3.70. The minimum absolute atomic E-state index is 0.150. The summed E-state index contributed by atoms with van der Waals surface area (Å²) >= 11 is 0. The maximum atomic E-state index is 12.2. The molecule has 0 atom stereocenters. The lowest BCUT2D eigenvalue weighted by atomic mass is 10.1. The zero-order valence-electron chi connectivity index (χ0n) is 11.2. The van der Waals surface area contributed by atoms with Crippen LogP contribution in [0.15, 0.2) is 4.42 Å². The third kappa shape index (κ3) is 3.50. The topological polar surface area (TPSA) is 55.6 Å². The highest BCUT2D eigenvalue weighted by Gasteiger charge is 2.36. The van der Waals surface area contributed by atoms with Crippen LogP contribution in [-0.2, 0) is 4.74 Å². The van der Waals surface area contributed by atoms with Gasteiger partial charge in [0.15, 0.2) is 5.89 Å². The first kappa shape index (κ1) is 14.8. The van der Waals surface area contributed by atoms with E-state index >= 15 is 0 Å². The fourth-order valence-corrected chi connectivity index (χ4v) is 2.24. The first-order chi connectivity index (χ1) is 9.26. The van der Waals surface area contributed by atoms with Crippen molar-refractivity contribution in [3.63, 3.8) is 0 Å². The Morgan fingerprint density at radius 2 is 1.95 bits per heavy atom. The van der Waals surface area contributed by atoms with Crippen LogP contribution in [0.3, 0.4) is 0 Å². The van der Waals surface area contributed by atoms with Gasteiger partial charge in [-0.3, -0.25) is 9.53 Å². The number of piperidine rings is 1. The summed E-state index contributed by atoms with van der Waals surface area (Å²) in [5.41, 5.74) is 0.487. The quantitative estimate of drug-likeness (QED) is 0.840. The van der Waals surface area contributed by atoms with E-state index in [1.54, 1.807) is 13.8 Å². The molecule has 0 aromatic carbocycles. The molecule has 0 saturated carbocycles. The largest absolute Gasteiger partial charge is 0.522 e. The summed E-state index contributed by atoms with van der Waals surface area (Å²) in [6, 6.07) is 0. The Morgan fingerprint density at radius 3 is 2.40 bits per heavy atom. The minimum Gasteiger partial charge on any atom is -0.436 e. The normalized spacial score (nSPS) is 17.6. The highest BCUT2D eigenvalue weighted by Crippen LogP contribution is 2.25. The van der Waals surface area contributed by atoms with Crippen LogP contribution in [0, 0.1) is 13.8 Å². The van der Waals surface area contributed by atoms with Crippen molar-refractivity contribution in [1.82, 2.24) is 9.88 Å². The van der Waals surface area contributed by atoms with Crippen LogP contribution in [0.25, 0.3) is 0 Å². The van der Waals surface area contributed by atoms with Crippen molar-refractivity contribution < 1.29 is 27.1 Å². The van der Waals surface area contributed by atoms with Crippen LogP contribution in [0.4, 0.5) is 13.2 Å². The van der Waals surface area contributed by atoms with Gasteiger partial charge < -0.3 is 9.32 Å². The number of oxazole rings is 1. The van der Waals surface area contributed by atoms with Crippen molar-refractivity contribution in [2.75, 3.05) is 13.1 Å². The van der Waals surface area contributed by atoms with Gasteiger partial charge in [0.25, 0.3) is 5.91 Å². The number of alkyl halides is 3.